The minimum Gasteiger partial charge on any atom is -0.0654 e. The normalized spacial score (nSPS) is 31.2. The highest BCUT2D eigenvalue weighted by Crippen LogP contribution is 2.49. The number of hydrogen-bond donors (Lipinski definition) is 0. The summed E-state index contributed by atoms with van der Waals surface area (Å²) < 4.78 is 0. The van der Waals surface area contributed by atoms with Crippen molar-refractivity contribution in [2.45, 2.75) is 123 Å². The molecule has 2 saturated carbocycles. The number of hydrogen-bond acceptors (Lipinski definition) is 0. The number of aryl methyl sites for hydroxylation is 2. The summed E-state index contributed by atoms with van der Waals surface area (Å²) in [7, 11) is 0. The van der Waals surface area contributed by atoms with Crippen LogP contribution in [-0.2, 0) is 19.3 Å². The van der Waals surface area contributed by atoms with Crippen LogP contribution in [0.15, 0.2) is 18.2 Å². The standard InChI is InChI=1S/C30H48/c1-3-5-7-9-23-11-13-27-21-29(17-15-25(27)19-23)30-18-16-26-20-24(10-8-6-4-2)12-14-28(26)22-30/h11,13,19,24,26,28-30H,3-10,12,14-18,20-22H2,1-2H3. The lowest BCUT2D eigenvalue weighted by Gasteiger charge is -2.45. The first kappa shape index (κ1) is 22.4. The molecule has 0 heteroatoms. The lowest BCUT2D eigenvalue weighted by molar-refractivity contribution is 0.0690. The summed E-state index contributed by atoms with van der Waals surface area (Å²) in [6.45, 7) is 4.65. The average molecular weight is 409 g/mol. The van der Waals surface area contributed by atoms with Gasteiger partial charge in [0.15, 0.2) is 0 Å². The van der Waals surface area contributed by atoms with E-state index in [2.05, 4.69) is 32.0 Å². The molecule has 0 aromatic heterocycles. The predicted molar refractivity (Wildman–Crippen MR) is 131 cm³/mol. The molecule has 0 heterocycles. The third kappa shape index (κ3) is 5.72. The lowest BCUT2D eigenvalue weighted by atomic mass is 9.61. The fraction of sp³-hybridized carbons (Fsp3) is 0.800. The first-order chi connectivity index (χ1) is 14.8. The molecule has 30 heavy (non-hydrogen) atoms. The van der Waals surface area contributed by atoms with Crippen LogP contribution in [0, 0.1) is 29.6 Å². The quantitative estimate of drug-likeness (QED) is 0.358. The summed E-state index contributed by atoms with van der Waals surface area (Å²) in [4.78, 5) is 0. The van der Waals surface area contributed by atoms with Gasteiger partial charge in [-0.05, 0) is 110 Å². The van der Waals surface area contributed by atoms with Gasteiger partial charge in [-0.2, -0.15) is 0 Å². The van der Waals surface area contributed by atoms with Crippen LogP contribution in [0.4, 0.5) is 0 Å². The van der Waals surface area contributed by atoms with Crippen molar-refractivity contribution in [3.63, 3.8) is 0 Å². The van der Waals surface area contributed by atoms with Crippen LogP contribution in [0.3, 0.4) is 0 Å². The summed E-state index contributed by atoms with van der Waals surface area (Å²) in [5.41, 5.74) is 4.99. The summed E-state index contributed by atoms with van der Waals surface area (Å²) in [5.74, 6) is 5.24. The molecule has 3 aliphatic carbocycles. The van der Waals surface area contributed by atoms with Gasteiger partial charge in [-0.3, -0.25) is 0 Å². The zero-order valence-corrected chi connectivity index (χ0v) is 20.1. The van der Waals surface area contributed by atoms with Gasteiger partial charge >= 0.3 is 0 Å². The van der Waals surface area contributed by atoms with Crippen LogP contribution in [-0.4, -0.2) is 0 Å². The Bertz CT molecular complexity index is 643. The summed E-state index contributed by atoms with van der Waals surface area (Å²) >= 11 is 0. The Hall–Kier alpha value is -0.780. The topological polar surface area (TPSA) is 0 Å². The first-order valence-corrected chi connectivity index (χ1v) is 13.9. The molecule has 0 amide bonds. The van der Waals surface area contributed by atoms with Crippen molar-refractivity contribution in [2.75, 3.05) is 0 Å². The number of fused-ring (bicyclic) bond motifs is 2. The van der Waals surface area contributed by atoms with E-state index in [-0.39, 0.29) is 0 Å². The minimum atomic E-state index is 0.978. The lowest BCUT2D eigenvalue weighted by Crippen LogP contribution is -2.35. The SMILES string of the molecule is CCCCCc1ccc2c(c1)CCC(C1CCC3CC(CCCCC)CCC3C1)C2. The highest BCUT2D eigenvalue weighted by Gasteiger charge is 2.38. The Kier molecular flexibility index (Phi) is 8.36. The van der Waals surface area contributed by atoms with Crippen molar-refractivity contribution in [3.05, 3.63) is 34.9 Å². The van der Waals surface area contributed by atoms with Crippen molar-refractivity contribution >= 4 is 0 Å². The molecule has 5 unspecified atom stereocenters. The fourth-order valence-electron chi connectivity index (χ4n) is 7.37. The Morgan fingerprint density at radius 3 is 2.27 bits per heavy atom. The van der Waals surface area contributed by atoms with Gasteiger partial charge in [0.1, 0.15) is 0 Å². The van der Waals surface area contributed by atoms with E-state index in [1.165, 1.54) is 77.0 Å². The predicted octanol–water partition coefficient (Wildman–Crippen LogP) is 8.94. The molecular weight excluding hydrogens is 360 g/mol. The van der Waals surface area contributed by atoms with Gasteiger partial charge in [-0.1, -0.05) is 77.0 Å². The maximum absolute atomic E-state index is 2.57. The zero-order chi connectivity index (χ0) is 20.8. The van der Waals surface area contributed by atoms with Gasteiger partial charge < -0.3 is 0 Å². The highest BCUT2D eigenvalue weighted by atomic mass is 14.4. The Balaban J connectivity index is 1.27. The van der Waals surface area contributed by atoms with Gasteiger partial charge in [0.2, 0.25) is 0 Å². The molecule has 0 bridgehead atoms. The Morgan fingerprint density at radius 1 is 0.700 bits per heavy atom. The molecule has 0 spiro atoms. The van der Waals surface area contributed by atoms with Crippen molar-refractivity contribution in [2.24, 2.45) is 29.6 Å². The van der Waals surface area contributed by atoms with Crippen LogP contribution in [0.2, 0.25) is 0 Å². The largest absolute Gasteiger partial charge is 0.0654 e. The van der Waals surface area contributed by atoms with Crippen LogP contribution in [0.25, 0.3) is 0 Å². The third-order valence-corrected chi connectivity index (χ3v) is 9.25. The molecule has 0 saturated heterocycles. The Labute approximate surface area is 187 Å². The summed E-state index contributed by atoms with van der Waals surface area (Å²) in [6, 6.07) is 7.53. The molecule has 0 nitrogen and oxygen atoms in total. The van der Waals surface area contributed by atoms with E-state index >= 15 is 0 Å². The van der Waals surface area contributed by atoms with Gasteiger partial charge in [0.05, 0.1) is 0 Å². The zero-order valence-electron chi connectivity index (χ0n) is 20.1. The molecule has 4 rings (SSSR count). The Morgan fingerprint density at radius 2 is 1.43 bits per heavy atom. The monoisotopic (exact) mass is 408 g/mol. The van der Waals surface area contributed by atoms with E-state index in [4.69, 9.17) is 0 Å². The van der Waals surface area contributed by atoms with E-state index < -0.39 is 0 Å². The van der Waals surface area contributed by atoms with Crippen molar-refractivity contribution in [1.29, 1.82) is 0 Å². The number of unbranched alkanes of at least 4 members (excludes halogenated alkanes) is 4. The molecule has 5 atom stereocenters. The molecule has 168 valence electrons. The van der Waals surface area contributed by atoms with Gasteiger partial charge in [-0.25, -0.2) is 0 Å². The molecule has 2 fully saturated rings. The van der Waals surface area contributed by atoms with Gasteiger partial charge in [-0.15, -0.1) is 0 Å². The maximum atomic E-state index is 2.57. The number of rotatable bonds is 9. The van der Waals surface area contributed by atoms with Crippen molar-refractivity contribution in [3.8, 4) is 0 Å². The second-order valence-corrected chi connectivity index (χ2v) is 11.3. The fourth-order valence-corrected chi connectivity index (χ4v) is 7.37. The van der Waals surface area contributed by atoms with E-state index in [1.807, 2.05) is 0 Å². The van der Waals surface area contributed by atoms with Crippen molar-refractivity contribution < 1.29 is 0 Å². The summed E-state index contributed by atoms with van der Waals surface area (Å²) in [6.07, 6.45) is 24.8. The van der Waals surface area contributed by atoms with E-state index in [0.717, 1.165) is 29.6 Å². The van der Waals surface area contributed by atoms with Crippen LogP contribution in [0.1, 0.15) is 120 Å². The van der Waals surface area contributed by atoms with Crippen LogP contribution in [0.5, 0.6) is 0 Å². The number of benzene rings is 1. The second-order valence-electron chi connectivity index (χ2n) is 11.3. The minimum absolute atomic E-state index is 0.978. The third-order valence-electron chi connectivity index (χ3n) is 9.25. The van der Waals surface area contributed by atoms with E-state index in [1.54, 1.807) is 48.8 Å². The second kappa shape index (κ2) is 11.2. The molecule has 3 aliphatic rings. The maximum Gasteiger partial charge on any atom is -0.0245 e. The van der Waals surface area contributed by atoms with E-state index in [9.17, 15) is 0 Å². The van der Waals surface area contributed by atoms with Gasteiger partial charge in [0, 0.05) is 0 Å². The molecule has 1 aromatic carbocycles. The summed E-state index contributed by atoms with van der Waals surface area (Å²) in [5, 5.41) is 0. The highest BCUT2D eigenvalue weighted by molar-refractivity contribution is 5.34. The smallest absolute Gasteiger partial charge is 0.0245 e. The average Bonchev–Trinajstić information content (AvgIpc) is 2.78. The van der Waals surface area contributed by atoms with Crippen LogP contribution >= 0.6 is 0 Å². The molecule has 0 radical (unpaired) electrons. The van der Waals surface area contributed by atoms with Crippen molar-refractivity contribution in [1.82, 2.24) is 0 Å². The van der Waals surface area contributed by atoms with E-state index in [0.29, 0.717) is 0 Å². The molecular formula is C30H48. The van der Waals surface area contributed by atoms with Gasteiger partial charge in [0.25, 0.3) is 0 Å². The molecule has 0 aliphatic heterocycles. The van der Waals surface area contributed by atoms with Crippen LogP contribution < -0.4 is 0 Å². The first-order valence-electron chi connectivity index (χ1n) is 13.9. The molecule has 1 aromatic rings. The molecule has 0 N–H and O–H groups in total.